The maximum absolute atomic E-state index is 13.1. The van der Waals surface area contributed by atoms with Crippen molar-refractivity contribution in [2.24, 2.45) is 0 Å². The zero-order chi connectivity index (χ0) is 49.9. The van der Waals surface area contributed by atoms with Gasteiger partial charge in [-0.3, -0.25) is 28.5 Å². The van der Waals surface area contributed by atoms with E-state index in [1.54, 1.807) is 43.3 Å². The summed E-state index contributed by atoms with van der Waals surface area (Å²) in [4.78, 5) is 58.5. The molecule has 2 aromatic carbocycles. The third kappa shape index (κ3) is 11.7. The Balaban J connectivity index is 0.000000251. The summed E-state index contributed by atoms with van der Waals surface area (Å²) < 4.78 is 90.6. The average Bonchev–Trinajstić information content (AvgIpc) is 3.74. The predicted molar refractivity (Wildman–Crippen MR) is 236 cm³/mol. The van der Waals surface area contributed by atoms with Crippen LogP contribution in [-0.4, -0.2) is 138 Å². The number of ketones is 1. The van der Waals surface area contributed by atoms with Gasteiger partial charge in [-0.05, 0) is 26.0 Å². The van der Waals surface area contributed by atoms with Gasteiger partial charge in [0, 0.05) is 78.6 Å². The number of benzene rings is 2. The van der Waals surface area contributed by atoms with Gasteiger partial charge in [-0.2, -0.15) is 41.8 Å². The molecule has 6 rings (SSSR count). The lowest BCUT2D eigenvalue weighted by molar-refractivity contribution is -0.142. The summed E-state index contributed by atoms with van der Waals surface area (Å²) in [5.74, 6) is -1.06. The molecule has 0 spiro atoms. The molecule has 67 heavy (non-hydrogen) atoms. The van der Waals surface area contributed by atoms with Gasteiger partial charge in [-0.15, -0.1) is 0 Å². The van der Waals surface area contributed by atoms with Crippen LogP contribution < -0.4 is 19.3 Å². The van der Waals surface area contributed by atoms with E-state index in [4.69, 9.17) is 61.1 Å². The maximum Gasteiger partial charge on any atom is 0.436 e. The second-order valence-electron chi connectivity index (χ2n) is 15.2. The molecule has 2 saturated heterocycles. The van der Waals surface area contributed by atoms with Crippen LogP contribution in [0.1, 0.15) is 43.5 Å². The first kappa shape index (κ1) is 52.3. The number of Topliss-reactive ketones (excluding diaryl/α,β-unsaturated/α-hetero) is 1. The van der Waals surface area contributed by atoms with Crippen molar-refractivity contribution < 1.29 is 55.0 Å². The van der Waals surface area contributed by atoms with Crippen LogP contribution in [0.15, 0.2) is 24.3 Å². The van der Waals surface area contributed by atoms with Crippen molar-refractivity contribution in [1.82, 2.24) is 34.3 Å². The van der Waals surface area contributed by atoms with E-state index >= 15 is 0 Å². The summed E-state index contributed by atoms with van der Waals surface area (Å²) in [6.07, 6.45) is -9.43. The van der Waals surface area contributed by atoms with Gasteiger partial charge < -0.3 is 34.0 Å². The number of hydrogen-bond acceptors (Lipinski definition) is 11. The van der Waals surface area contributed by atoms with Crippen LogP contribution in [0.5, 0.6) is 11.5 Å². The van der Waals surface area contributed by atoms with Crippen molar-refractivity contribution >= 4 is 81.3 Å². The Kier molecular flexibility index (Phi) is 16.5. The van der Waals surface area contributed by atoms with Gasteiger partial charge in [0.15, 0.2) is 11.4 Å². The van der Waals surface area contributed by atoms with E-state index in [1.165, 1.54) is 43.9 Å². The minimum absolute atomic E-state index is 0.0453. The fraction of sp³-hybridized carbons (Fsp3) is 0.439. The Morgan fingerprint density at radius 3 is 1.33 bits per heavy atom. The van der Waals surface area contributed by atoms with Gasteiger partial charge in [-0.25, -0.2) is 0 Å². The van der Waals surface area contributed by atoms with Gasteiger partial charge in [-0.1, -0.05) is 46.4 Å². The number of nitriles is 1. The number of carbonyl (C=O) groups excluding carboxylic acids is 4. The highest BCUT2D eigenvalue weighted by Gasteiger charge is 2.40. The molecule has 362 valence electrons. The number of aromatic nitrogens is 4. The van der Waals surface area contributed by atoms with Crippen molar-refractivity contribution in [1.29, 1.82) is 5.26 Å². The van der Waals surface area contributed by atoms with Gasteiger partial charge in [0.1, 0.15) is 30.7 Å². The van der Waals surface area contributed by atoms with Crippen molar-refractivity contribution in [3.63, 3.8) is 0 Å². The van der Waals surface area contributed by atoms with Gasteiger partial charge in [0.2, 0.25) is 11.8 Å². The number of nitrogens with zero attached hydrogens (tertiary/aromatic N) is 10. The maximum atomic E-state index is 13.1. The smallest absolute Gasteiger partial charge is 0.436 e. The Labute approximate surface area is 399 Å². The lowest BCUT2D eigenvalue weighted by Crippen LogP contribution is -2.50. The Morgan fingerprint density at radius 2 is 1.01 bits per heavy atom. The van der Waals surface area contributed by atoms with E-state index in [0.717, 1.165) is 9.36 Å². The third-order valence-corrected chi connectivity index (χ3v) is 12.3. The molecule has 0 atom stereocenters. The van der Waals surface area contributed by atoms with Gasteiger partial charge >= 0.3 is 12.4 Å². The highest BCUT2D eigenvalue weighted by Crippen LogP contribution is 2.38. The van der Waals surface area contributed by atoms with Crippen molar-refractivity contribution in [2.75, 3.05) is 90.5 Å². The van der Waals surface area contributed by atoms with E-state index < -0.39 is 52.0 Å². The van der Waals surface area contributed by atoms with Crippen LogP contribution in [0, 0.1) is 25.2 Å². The first-order valence-electron chi connectivity index (χ1n) is 19.9. The molecule has 0 radical (unpaired) electrons. The molecule has 2 aromatic heterocycles. The van der Waals surface area contributed by atoms with Gasteiger partial charge in [0.25, 0.3) is 11.7 Å². The molecular weight excluding hydrogens is 984 g/mol. The van der Waals surface area contributed by atoms with Crippen LogP contribution in [0.3, 0.4) is 0 Å². The van der Waals surface area contributed by atoms with E-state index in [-0.39, 0.29) is 53.4 Å². The molecular formula is C41H42Cl4F6N10O6. The number of rotatable bonds is 10. The summed E-state index contributed by atoms with van der Waals surface area (Å²) in [5.41, 5.74) is -0.743. The van der Waals surface area contributed by atoms with E-state index in [9.17, 15) is 45.5 Å². The molecule has 2 aliphatic heterocycles. The second-order valence-corrected chi connectivity index (χ2v) is 16.8. The molecule has 26 heteroatoms. The molecule has 0 N–H and O–H groups in total. The highest BCUT2D eigenvalue weighted by atomic mass is 35.5. The van der Waals surface area contributed by atoms with E-state index in [0.29, 0.717) is 72.7 Å². The Hall–Kier alpha value is -5.63. The first-order valence-corrected chi connectivity index (χ1v) is 21.4. The molecule has 2 aliphatic rings. The molecule has 16 nitrogen and oxygen atoms in total. The molecule has 0 aliphatic carbocycles. The molecule has 0 bridgehead atoms. The number of methoxy groups -OCH3 is 2. The number of alkyl halides is 6. The molecule has 0 unspecified atom stereocenters. The fourth-order valence-electron chi connectivity index (χ4n) is 7.14. The summed E-state index contributed by atoms with van der Waals surface area (Å²) in [6, 6.07) is 7.73. The number of anilines is 2. The number of halogens is 10. The lowest BCUT2D eigenvalue weighted by atomic mass is 10.1. The number of hydrogen-bond donors (Lipinski definition) is 0. The number of ether oxygens (including phenoxy) is 2. The SMILES string of the molecule is COc1cc(N2CCN(C(=O)Cn3nc(C(F)(F)F)c(Cl)c3C)CC2)c(C(=O)C#N)cc1Cl.COc1cc(N2CCN(C(=O)Cn3nc(C(F)(F)F)c(Cl)c3C)CC2)c(C(=O)N(C)C)cc1Cl. The van der Waals surface area contributed by atoms with Crippen LogP contribution in [0.4, 0.5) is 37.7 Å². The summed E-state index contributed by atoms with van der Waals surface area (Å²) in [7, 11) is 6.16. The summed E-state index contributed by atoms with van der Waals surface area (Å²) >= 11 is 23.8. The Bertz CT molecular complexity index is 2580. The number of amides is 3. The fourth-order valence-corrected chi connectivity index (χ4v) is 8.11. The minimum Gasteiger partial charge on any atom is -0.495 e. The molecule has 4 heterocycles. The highest BCUT2D eigenvalue weighted by molar-refractivity contribution is 6.33. The van der Waals surface area contributed by atoms with Crippen molar-refractivity contribution in [2.45, 2.75) is 39.3 Å². The molecule has 3 amide bonds. The Morgan fingerprint density at radius 1 is 0.657 bits per heavy atom. The predicted octanol–water partition coefficient (Wildman–Crippen LogP) is 7.16. The van der Waals surface area contributed by atoms with Crippen LogP contribution in [0.2, 0.25) is 20.1 Å². The number of piperazine rings is 2. The topological polar surface area (TPSA) is 162 Å². The number of carbonyl (C=O) groups is 4. The second kappa shape index (κ2) is 21.1. The third-order valence-electron chi connectivity index (χ3n) is 10.8. The zero-order valence-electron chi connectivity index (χ0n) is 36.6. The van der Waals surface area contributed by atoms with E-state index in [1.807, 2.05) is 9.80 Å². The van der Waals surface area contributed by atoms with Gasteiger partial charge in [0.05, 0.1) is 68.2 Å². The lowest BCUT2D eigenvalue weighted by Gasteiger charge is -2.37. The monoisotopic (exact) mass is 1020 g/mol. The van der Waals surface area contributed by atoms with Crippen LogP contribution in [0.25, 0.3) is 0 Å². The largest absolute Gasteiger partial charge is 0.495 e. The average molecular weight is 1030 g/mol. The quantitative estimate of drug-likeness (QED) is 0.0901. The molecule has 2 fully saturated rings. The minimum atomic E-state index is -4.72. The summed E-state index contributed by atoms with van der Waals surface area (Å²) in [6.45, 7) is 4.50. The summed E-state index contributed by atoms with van der Waals surface area (Å²) in [5, 5.41) is 15.4. The molecule has 4 aromatic rings. The van der Waals surface area contributed by atoms with Crippen LogP contribution >= 0.6 is 46.4 Å². The standard InChI is InChI=1S/C21H24Cl2F3N5O3.C20H18Cl2F3N5O3/c1-12-18(23)19(21(24,25)26)27-31(12)11-17(32)30-7-5-29(6-8-30)15-10-16(34-4)14(22)9-13(15)20(33)28(2)3;1-11-18(22)19(20(23,24)25)27-30(11)10-17(32)29-5-3-28(4-6-29)14-8-16(33-2)13(21)7-12(14)15(31)9-26/h9-10H,5-8,11H2,1-4H3;7-8H,3-6,10H2,1-2H3. The van der Waals surface area contributed by atoms with Crippen molar-refractivity contribution in [3.8, 4) is 17.6 Å². The normalized spacial score (nSPS) is 14.3. The van der Waals surface area contributed by atoms with E-state index in [2.05, 4.69) is 10.2 Å². The zero-order valence-corrected chi connectivity index (χ0v) is 39.6. The van der Waals surface area contributed by atoms with Crippen LogP contribution in [-0.2, 0) is 35.0 Å². The van der Waals surface area contributed by atoms with Crippen molar-refractivity contribution in [3.05, 3.63) is 78.3 Å². The molecule has 0 saturated carbocycles. The first-order chi connectivity index (χ1) is 31.3.